The van der Waals surface area contributed by atoms with Gasteiger partial charge in [-0.05, 0) is 19.9 Å². The van der Waals surface area contributed by atoms with E-state index in [0.717, 1.165) is 18.3 Å². The van der Waals surface area contributed by atoms with Crippen LogP contribution in [-0.4, -0.2) is 38.3 Å². The molecule has 0 aromatic carbocycles. The van der Waals surface area contributed by atoms with Crippen molar-refractivity contribution in [2.75, 3.05) is 13.2 Å². The summed E-state index contributed by atoms with van der Waals surface area (Å²) in [7, 11) is -3.86. The van der Waals surface area contributed by atoms with Crippen molar-refractivity contribution in [2.45, 2.75) is 30.5 Å². The molecule has 3 N–H and O–H groups in total. The van der Waals surface area contributed by atoms with Gasteiger partial charge in [0, 0.05) is 18.2 Å². The molecule has 0 fully saturated rings. The smallest absolute Gasteiger partial charge is 0.422 e. The zero-order valence-corrected chi connectivity index (χ0v) is 12.3. The van der Waals surface area contributed by atoms with Gasteiger partial charge in [0.1, 0.15) is 4.90 Å². The summed E-state index contributed by atoms with van der Waals surface area (Å²) in [4.78, 5) is 3.34. The number of nitrogens with zero attached hydrogens (tertiary/aromatic N) is 1. The summed E-state index contributed by atoms with van der Waals surface area (Å²) >= 11 is 0. The van der Waals surface area contributed by atoms with Gasteiger partial charge in [0.05, 0.1) is 6.20 Å². The van der Waals surface area contributed by atoms with Gasteiger partial charge in [-0.25, -0.2) is 18.1 Å². The molecule has 1 rings (SSSR count). The summed E-state index contributed by atoms with van der Waals surface area (Å²) in [6, 6.07) is 2.16. The lowest BCUT2D eigenvalue weighted by molar-refractivity contribution is -0.154. The number of hydrogen-bond acceptors (Lipinski definition) is 5. The average Bonchev–Trinajstić information content (AvgIpc) is 2.35. The first-order valence-electron chi connectivity index (χ1n) is 5.85. The second kappa shape index (κ2) is 6.16. The molecule has 0 atom stereocenters. The number of nitrogens with one attached hydrogen (secondary N) is 1. The molecule has 0 saturated heterocycles. The third-order valence-electron chi connectivity index (χ3n) is 2.32. The van der Waals surface area contributed by atoms with Crippen LogP contribution in [0.15, 0.2) is 23.2 Å². The van der Waals surface area contributed by atoms with Crippen molar-refractivity contribution >= 4 is 10.0 Å². The molecule has 10 heteroatoms. The number of sulfonamides is 1. The highest BCUT2D eigenvalue weighted by Crippen LogP contribution is 2.18. The molecule has 0 unspecified atom stereocenters. The van der Waals surface area contributed by atoms with E-state index in [2.05, 4.69) is 14.4 Å². The molecule has 21 heavy (non-hydrogen) atoms. The van der Waals surface area contributed by atoms with Gasteiger partial charge in [-0.15, -0.1) is 0 Å². The zero-order valence-electron chi connectivity index (χ0n) is 11.4. The van der Waals surface area contributed by atoms with Crippen molar-refractivity contribution in [1.82, 2.24) is 9.71 Å². The Balaban J connectivity index is 2.82. The predicted octanol–water partition coefficient (Wildman–Crippen LogP) is 1.04. The molecule has 0 aliphatic heterocycles. The van der Waals surface area contributed by atoms with Crippen molar-refractivity contribution in [3.05, 3.63) is 18.3 Å². The predicted molar refractivity (Wildman–Crippen MR) is 69.2 cm³/mol. The SMILES string of the molecule is CC(C)(CN)NS(=O)(=O)c1ccc(OCC(F)(F)F)nc1. The van der Waals surface area contributed by atoms with Gasteiger partial charge in [0.15, 0.2) is 6.61 Å². The van der Waals surface area contributed by atoms with Gasteiger partial charge in [-0.1, -0.05) is 0 Å². The average molecular weight is 327 g/mol. The fraction of sp³-hybridized carbons (Fsp3) is 0.545. The van der Waals surface area contributed by atoms with Crippen molar-refractivity contribution in [3.63, 3.8) is 0 Å². The Morgan fingerprint density at radius 1 is 1.33 bits per heavy atom. The maximum Gasteiger partial charge on any atom is 0.422 e. The fourth-order valence-corrected chi connectivity index (χ4v) is 2.60. The van der Waals surface area contributed by atoms with E-state index >= 15 is 0 Å². The molecular weight excluding hydrogens is 311 g/mol. The Kier molecular flexibility index (Phi) is 5.18. The first kappa shape index (κ1) is 17.7. The summed E-state index contributed by atoms with van der Waals surface area (Å²) in [5.41, 5.74) is 4.57. The molecule has 1 heterocycles. The highest BCUT2D eigenvalue weighted by molar-refractivity contribution is 7.89. The number of pyridine rings is 1. The van der Waals surface area contributed by atoms with Crippen molar-refractivity contribution in [1.29, 1.82) is 0 Å². The summed E-state index contributed by atoms with van der Waals surface area (Å²) in [5.74, 6) is -0.315. The van der Waals surface area contributed by atoms with Gasteiger partial charge in [-0.3, -0.25) is 0 Å². The van der Waals surface area contributed by atoms with E-state index in [1.165, 1.54) is 0 Å². The Hall–Kier alpha value is -1.39. The van der Waals surface area contributed by atoms with Gasteiger partial charge in [0.25, 0.3) is 0 Å². The van der Waals surface area contributed by atoms with E-state index in [0.29, 0.717) is 0 Å². The molecule has 0 saturated carbocycles. The third kappa shape index (κ3) is 5.86. The van der Waals surface area contributed by atoms with Gasteiger partial charge in [-0.2, -0.15) is 13.2 Å². The van der Waals surface area contributed by atoms with E-state index in [4.69, 9.17) is 5.73 Å². The minimum absolute atomic E-state index is 0.0758. The van der Waals surface area contributed by atoms with Crippen LogP contribution >= 0.6 is 0 Å². The lowest BCUT2D eigenvalue weighted by Gasteiger charge is -2.23. The van der Waals surface area contributed by atoms with Crippen LogP contribution in [0.4, 0.5) is 13.2 Å². The van der Waals surface area contributed by atoms with Crippen LogP contribution in [0.3, 0.4) is 0 Å². The summed E-state index contributed by atoms with van der Waals surface area (Å²) in [6.45, 7) is 1.77. The molecule has 0 aliphatic carbocycles. The fourth-order valence-electron chi connectivity index (χ4n) is 1.23. The Morgan fingerprint density at radius 3 is 2.38 bits per heavy atom. The number of rotatable bonds is 6. The minimum atomic E-state index is -4.49. The molecule has 0 aliphatic rings. The normalized spacial score (nSPS) is 13.2. The van der Waals surface area contributed by atoms with Crippen LogP contribution in [0.5, 0.6) is 5.88 Å². The van der Waals surface area contributed by atoms with E-state index < -0.39 is 28.3 Å². The van der Waals surface area contributed by atoms with Crippen molar-refractivity contribution in [2.24, 2.45) is 5.73 Å². The van der Waals surface area contributed by atoms with Crippen LogP contribution in [-0.2, 0) is 10.0 Å². The molecule has 1 aromatic heterocycles. The molecule has 6 nitrogen and oxygen atoms in total. The second-order valence-corrected chi connectivity index (χ2v) is 6.61. The molecule has 120 valence electrons. The quantitative estimate of drug-likeness (QED) is 0.814. The molecule has 0 radical (unpaired) electrons. The van der Waals surface area contributed by atoms with Crippen LogP contribution < -0.4 is 15.2 Å². The molecular formula is C11H16F3N3O3S. The number of hydrogen-bond donors (Lipinski definition) is 2. The summed E-state index contributed by atoms with van der Waals surface area (Å²) in [5, 5.41) is 0. The van der Waals surface area contributed by atoms with Crippen molar-refractivity contribution in [3.8, 4) is 5.88 Å². The van der Waals surface area contributed by atoms with E-state index in [1.807, 2.05) is 0 Å². The highest BCUT2D eigenvalue weighted by atomic mass is 32.2. The monoisotopic (exact) mass is 327 g/mol. The summed E-state index contributed by atoms with van der Waals surface area (Å²) in [6.07, 6.45) is -3.57. The van der Waals surface area contributed by atoms with Crippen LogP contribution in [0, 0.1) is 0 Å². The maximum atomic E-state index is 12.0. The lowest BCUT2D eigenvalue weighted by Crippen LogP contribution is -2.48. The Morgan fingerprint density at radius 2 is 1.95 bits per heavy atom. The zero-order chi connectivity index (χ0) is 16.3. The number of aromatic nitrogens is 1. The first-order chi connectivity index (χ1) is 9.45. The van der Waals surface area contributed by atoms with Crippen LogP contribution in [0.25, 0.3) is 0 Å². The second-order valence-electron chi connectivity index (χ2n) is 4.93. The van der Waals surface area contributed by atoms with Crippen molar-refractivity contribution < 1.29 is 26.3 Å². The highest BCUT2D eigenvalue weighted by Gasteiger charge is 2.29. The van der Waals surface area contributed by atoms with Crippen LogP contribution in [0.2, 0.25) is 0 Å². The number of nitrogens with two attached hydrogens (primary N) is 1. The molecule has 0 spiro atoms. The number of alkyl halides is 3. The standard InChI is InChI=1S/C11H16F3N3O3S/c1-10(2,6-15)17-21(18,19)8-3-4-9(16-5-8)20-7-11(12,13)14/h3-5,17H,6-7,15H2,1-2H3. The number of halogens is 3. The third-order valence-corrected chi connectivity index (χ3v) is 4.01. The van der Waals surface area contributed by atoms with Gasteiger partial charge < -0.3 is 10.5 Å². The molecule has 0 bridgehead atoms. The Labute approximate surface area is 120 Å². The largest absolute Gasteiger partial charge is 0.468 e. The molecule has 0 amide bonds. The minimum Gasteiger partial charge on any atom is -0.468 e. The van der Waals surface area contributed by atoms with Gasteiger partial charge >= 0.3 is 6.18 Å². The van der Waals surface area contributed by atoms with Gasteiger partial charge in [0.2, 0.25) is 15.9 Å². The maximum absolute atomic E-state index is 12.0. The molecule has 1 aromatic rings. The van der Waals surface area contributed by atoms with E-state index in [9.17, 15) is 21.6 Å². The topological polar surface area (TPSA) is 94.3 Å². The van der Waals surface area contributed by atoms with E-state index in [-0.39, 0.29) is 17.3 Å². The lowest BCUT2D eigenvalue weighted by atomic mass is 10.1. The Bertz CT molecular complexity index is 571. The number of ether oxygens (including phenoxy) is 1. The van der Waals surface area contributed by atoms with Crippen LogP contribution in [0.1, 0.15) is 13.8 Å². The first-order valence-corrected chi connectivity index (χ1v) is 7.33. The van der Waals surface area contributed by atoms with E-state index in [1.54, 1.807) is 13.8 Å². The summed E-state index contributed by atoms with van der Waals surface area (Å²) < 4.78 is 66.7.